The number of rotatable bonds is 3. The lowest BCUT2D eigenvalue weighted by Gasteiger charge is -2.35. The highest BCUT2D eigenvalue weighted by molar-refractivity contribution is 9.11. The molecular weight excluding hydrogens is 470 g/mol. The second-order valence-electron chi connectivity index (χ2n) is 7.66. The molecule has 3 unspecified atom stereocenters. The molecule has 0 N–H and O–H groups in total. The van der Waals surface area contributed by atoms with E-state index < -0.39 is 23.4 Å². The average Bonchev–Trinajstić information content (AvgIpc) is 3.37. The van der Waals surface area contributed by atoms with Crippen molar-refractivity contribution in [3.63, 3.8) is 0 Å². The highest BCUT2D eigenvalue weighted by Crippen LogP contribution is 2.56. The van der Waals surface area contributed by atoms with Crippen LogP contribution in [0.15, 0.2) is 76.6 Å². The van der Waals surface area contributed by atoms with Gasteiger partial charge in [-0.2, -0.15) is 10.5 Å². The van der Waals surface area contributed by atoms with Gasteiger partial charge in [0.2, 0.25) is 0 Å². The summed E-state index contributed by atoms with van der Waals surface area (Å²) in [4.78, 5) is 16.8. The van der Waals surface area contributed by atoms with E-state index in [1.807, 2.05) is 71.6 Å². The normalized spacial score (nSPS) is 22.8. The van der Waals surface area contributed by atoms with Crippen LogP contribution in [0.1, 0.15) is 26.7 Å². The van der Waals surface area contributed by atoms with Gasteiger partial charge in [-0.25, -0.2) is 0 Å². The predicted molar refractivity (Wildman–Crippen MR) is 125 cm³/mol. The number of benzene rings is 2. The number of Topliss-reactive ketones (excluding diaryl/α,β-unsaturated/α-hetero) is 1. The lowest BCUT2D eigenvalue weighted by atomic mass is 9.71. The Morgan fingerprint density at radius 2 is 1.71 bits per heavy atom. The molecule has 3 atom stereocenters. The van der Waals surface area contributed by atoms with Crippen LogP contribution in [-0.4, -0.2) is 17.9 Å². The molecule has 0 aliphatic carbocycles. The molecule has 2 aromatic carbocycles. The maximum Gasteiger partial charge on any atom is 0.185 e. The molecule has 1 saturated heterocycles. The summed E-state index contributed by atoms with van der Waals surface area (Å²) in [6.07, 6.45) is 3.86. The van der Waals surface area contributed by atoms with Crippen molar-refractivity contribution >= 4 is 44.8 Å². The monoisotopic (exact) mass is 485 g/mol. The predicted octanol–water partition coefficient (Wildman–Crippen LogP) is 5.79. The van der Waals surface area contributed by atoms with E-state index in [0.717, 1.165) is 19.9 Å². The van der Waals surface area contributed by atoms with Crippen LogP contribution in [0.5, 0.6) is 0 Å². The lowest BCUT2D eigenvalue weighted by molar-refractivity contribution is 0.0951. The minimum atomic E-state index is -1.40. The van der Waals surface area contributed by atoms with Gasteiger partial charge in [0, 0.05) is 16.1 Å². The second-order valence-corrected chi connectivity index (χ2v) is 10.2. The third-order valence-corrected chi connectivity index (χ3v) is 7.85. The standard InChI is InChI=1S/C25H16BrN3OS/c26-21-13-11-19(31-21)22-23(24(30)17-7-2-1-3-8-17)29-18-9-5-4-6-16(18)10-12-20(29)25(22,14-27)15-28/h1-13,20,22-23H. The summed E-state index contributed by atoms with van der Waals surface area (Å²) in [5, 5.41) is 20.7. The van der Waals surface area contributed by atoms with Crippen molar-refractivity contribution in [2.24, 2.45) is 5.41 Å². The summed E-state index contributed by atoms with van der Waals surface area (Å²) in [6, 6.07) is 24.2. The number of nitrogens with zero attached hydrogens (tertiary/aromatic N) is 3. The van der Waals surface area contributed by atoms with Crippen molar-refractivity contribution in [2.45, 2.75) is 18.0 Å². The first kappa shape index (κ1) is 19.8. The maximum absolute atomic E-state index is 13.9. The van der Waals surface area contributed by atoms with Gasteiger partial charge in [-0.05, 0) is 39.7 Å². The number of hydrogen-bond acceptors (Lipinski definition) is 5. The number of carbonyl (C=O) groups is 1. The van der Waals surface area contributed by atoms with E-state index in [2.05, 4.69) is 28.1 Å². The first-order chi connectivity index (χ1) is 15.1. The molecule has 1 fully saturated rings. The Kier molecular flexibility index (Phi) is 4.78. The molecule has 31 heavy (non-hydrogen) atoms. The third kappa shape index (κ3) is 2.87. The SMILES string of the molecule is N#CC1(C#N)C(c2ccc(Br)s2)C(C(=O)c2ccccc2)N2c3ccccc3C=CC21. The van der Waals surface area contributed by atoms with Gasteiger partial charge < -0.3 is 4.90 Å². The quantitative estimate of drug-likeness (QED) is 0.439. The van der Waals surface area contributed by atoms with E-state index in [-0.39, 0.29) is 5.78 Å². The Balaban J connectivity index is 1.79. The highest BCUT2D eigenvalue weighted by Gasteiger charge is 2.63. The molecule has 3 aromatic rings. The van der Waals surface area contributed by atoms with Gasteiger partial charge in [0.1, 0.15) is 6.04 Å². The zero-order chi connectivity index (χ0) is 21.6. The van der Waals surface area contributed by atoms with Crippen LogP contribution < -0.4 is 4.90 Å². The minimum absolute atomic E-state index is 0.0856. The molecule has 0 bridgehead atoms. The fourth-order valence-corrected chi connectivity index (χ4v) is 6.44. The number of nitriles is 2. The summed E-state index contributed by atoms with van der Waals surface area (Å²) < 4.78 is 0.902. The molecule has 3 heterocycles. The zero-order valence-corrected chi connectivity index (χ0v) is 18.7. The number of thiophene rings is 1. The molecule has 1 aromatic heterocycles. The van der Waals surface area contributed by atoms with E-state index in [1.54, 1.807) is 12.1 Å². The zero-order valence-electron chi connectivity index (χ0n) is 16.3. The molecule has 0 saturated carbocycles. The Bertz CT molecular complexity index is 1270. The van der Waals surface area contributed by atoms with Crippen molar-refractivity contribution in [1.82, 2.24) is 0 Å². The van der Waals surface area contributed by atoms with E-state index in [4.69, 9.17) is 0 Å². The summed E-state index contributed by atoms with van der Waals surface area (Å²) in [7, 11) is 0. The number of anilines is 1. The van der Waals surface area contributed by atoms with Crippen molar-refractivity contribution in [2.75, 3.05) is 4.90 Å². The fraction of sp³-hybridized carbons (Fsp3) is 0.160. The van der Waals surface area contributed by atoms with Crippen LogP contribution in [0.4, 0.5) is 5.69 Å². The van der Waals surface area contributed by atoms with Gasteiger partial charge in [-0.1, -0.05) is 60.7 Å². The van der Waals surface area contributed by atoms with Crippen LogP contribution in [0.3, 0.4) is 0 Å². The largest absolute Gasteiger partial charge is 0.351 e. The Morgan fingerprint density at radius 1 is 1.00 bits per heavy atom. The minimum Gasteiger partial charge on any atom is -0.351 e. The smallest absolute Gasteiger partial charge is 0.185 e. The summed E-state index contributed by atoms with van der Waals surface area (Å²) >= 11 is 4.98. The molecule has 2 aliphatic rings. The molecule has 0 amide bonds. The average molecular weight is 486 g/mol. The van der Waals surface area contributed by atoms with Crippen LogP contribution in [0, 0.1) is 28.1 Å². The van der Waals surface area contributed by atoms with Crippen molar-refractivity contribution in [3.05, 3.63) is 92.6 Å². The summed E-state index contributed by atoms with van der Waals surface area (Å²) in [5.74, 6) is -0.676. The Morgan fingerprint density at radius 3 is 2.39 bits per heavy atom. The number of fused-ring (bicyclic) bond motifs is 3. The van der Waals surface area contributed by atoms with Crippen LogP contribution in [-0.2, 0) is 0 Å². The van der Waals surface area contributed by atoms with Gasteiger partial charge in [-0.3, -0.25) is 4.79 Å². The topological polar surface area (TPSA) is 67.9 Å². The fourth-order valence-electron chi connectivity index (χ4n) is 4.81. The van der Waals surface area contributed by atoms with E-state index in [9.17, 15) is 15.3 Å². The number of hydrogen-bond donors (Lipinski definition) is 0. The van der Waals surface area contributed by atoms with Crippen LogP contribution in [0.2, 0.25) is 0 Å². The molecule has 0 spiro atoms. The van der Waals surface area contributed by atoms with Crippen LogP contribution in [0.25, 0.3) is 6.08 Å². The van der Waals surface area contributed by atoms with Gasteiger partial charge in [0.25, 0.3) is 0 Å². The van der Waals surface area contributed by atoms with Gasteiger partial charge >= 0.3 is 0 Å². The maximum atomic E-state index is 13.9. The summed E-state index contributed by atoms with van der Waals surface area (Å²) in [5.41, 5.74) is 1.02. The third-order valence-electron chi connectivity index (χ3n) is 6.14. The van der Waals surface area contributed by atoms with Gasteiger partial charge in [-0.15, -0.1) is 11.3 Å². The van der Waals surface area contributed by atoms with Crippen molar-refractivity contribution in [3.8, 4) is 12.1 Å². The van der Waals surface area contributed by atoms with Gasteiger partial charge in [0.05, 0.1) is 27.9 Å². The molecule has 0 radical (unpaired) electrons. The van der Waals surface area contributed by atoms with E-state index in [1.165, 1.54) is 11.3 Å². The molecule has 2 aliphatic heterocycles. The Hall–Kier alpha value is -3.19. The molecule has 5 rings (SSSR count). The van der Waals surface area contributed by atoms with E-state index >= 15 is 0 Å². The van der Waals surface area contributed by atoms with Crippen molar-refractivity contribution < 1.29 is 4.79 Å². The lowest BCUT2D eigenvalue weighted by Crippen LogP contribution is -2.44. The Labute approximate surface area is 192 Å². The highest BCUT2D eigenvalue weighted by atomic mass is 79.9. The van der Waals surface area contributed by atoms with Crippen molar-refractivity contribution in [1.29, 1.82) is 10.5 Å². The second kappa shape index (κ2) is 7.50. The summed E-state index contributed by atoms with van der Waals surface area (Å²) in [6.45, 7) is 0. The van der Waals surface area contributed by atoms with E-state index in [0.29, 0.717) is 5.56 Å². The number of ketones is 1. The number of para-hydroxylation sites is 1. The molecule has 4 nitrogen and oxygen atoms in total. The molecule has 150 valence electrons. The number of carbonyl (C=O) groups excluding carboxylic acids is 1. The van der Waals surface area contributed by atoms with Gasteiger partial charge in [0.15, 0.2) is 11.2 Å². The first-order valence-corrected chi connectivity index (χ1v) is 11.4. The molecule has 6 heteroatoms. The first-order valence-electron chi connectivity index (χ1n) is 9.83. The molecular formula is C25H16BrN3OS. The van der Waals surface area contributed by atoms with Crippen LogP contribution >= 0.6 is 27.3 Å². The number of halogens is 1.